The third kappa shape index (κ3) is 7.10. The summed E-state index contributed by atoms with van der Waals surface area (Å²) < 4.78 is 16.3. The van der Waals surface area contributed by atoms with Gasteiger partial charge < -0.3 is 34.2 Å². The number of amides is 2. The molecule has 4 rings (SSSR count). The number of para-hydroxylation sites is 1. The van der Waals surface area contributed by atoms with Gasteiger partial charge in [-0.15, -0.1) is 0 Å². The van der Waals surface area contributed by atoms with Crippen LogP contribution in [0.4, 0.5) is 4.79 Å². The highest BCUT2D eigenvalue weighted by atomic mass is 16.5. The number of furan rings is 1. The maximum Gasteiger partial charge on any atom is 0.475 e. The summed E-state index contributed by atoms with van der Waals surface area (Å²) in [5.74, 6) is -1.33. The van der Waals surface area contributed by atoms with Gasteiger partial charge >= 0.3 is 13.2 Å². The fourth-order valence-corrected chi connectivity index (χ4v) is 4.80. The highest BCUT2D eigenvalue weighted by Crippen LogP contribution is 2.22. The molecule has 3 N–H and O–H groups in total. The number of benzene rings is 2. The molecule has 0 aliphatic carbocycles. The van der Waals surface area contributed by atoms with Crippen molar-refractivity contribution in [2.24, 2.45) is 0 Å². The van der Waals surface area contributed by atoms with E-state index in [1.165, 1.54) is 6.26 Å². The van der Waals surface area contributed by atoms with Gasteiger partial charge in [0.15, 0.2) is 0 Å². The van der Waals surface area contributed by atoms with Crippen LogP contribution in [0.1, 0.15) is 30.5 Å². The molecule has 208 valence electrons. The molecule has 0 saturated carbocycles. The zero-order valence-electron chi connectivity index (χ0n) is 22.4. The molecule has 0 bridgehead atoms. The van der Waals surface area contributed by atoms with E-state index >= 15 is 0 Å². The van der Waals surface area contributed by atoms with Crippen molar-refractivity contribution in [3.63, 3.8) is 0 Å². The van der Waals surface area contributed by atoms with Crippen molar-refractivity contribution >= 4 is 36.2 Å². The number of carbonyl (C=O) groups is 2. The van der Waals surface area contributed by atoms with Gasteiger partial charge in [-0.1, -0.05) is 42.5 Å². The van der Waals surface area contributed by atoms with Gasteiger partial charge in [0.05, 0.1) is 44.1 Å². The summed E-state index contributed by atoms with van der Waals surface area (Å²) in [6, 6.07) is 16.4. The minimum atomic E-state index is -1.80. The Morgan fingerprint density at radius 3 is 2.67 bits per heavy atom. The third-order valence-corrected chi connectivity index (χ3v) is 6.80. The zero-order chi connectivity index (χ0) is 28.6. The number of nitriles is 1. The van der Waals surface area contributed by atoms with Gasteiger partial charge in [0, 0.05) is 11.8 Å². The molecule has 10 nitrogen and oxygen atoms in total. The van der Waals surface area contributed by atoms with E-state index in [1.807, 2.05) is 50.2 Å². The number of morpholine rings is 1. The number of nitrogens with zero attached hydrogens (tertiary/aromatic N) is 2. The quantitative estimate of drug-likeness (QED) is 0.212. The van der Waals surface area contributed by atoms with Gasteiger partial charge in [0.1, 0.15) is 17.2 Å². The minimum absolute atomic E-state index is 0.0346. The largest absolute Gasteiger partial charge is 0.475 e. The van der Waals surface area contributed by atoms with Crippen molar-refractivity contribution in [3.8, 4) is 6.07 Å². The molecule has 3 aromatic rings. The molecule has 1 aromatic heterocycles. The Hall–Kier alpha value is -4.11. The predicted octanol–water partition coefficient (Wildman–Crippen LogP) is 2.87. The minimum Gasteiger partial charge on any atom is -0.464 e. The summed E-state index contributed by atoms with van der Waals surface area (Å²) in [6.45, 7) is 4.67. The Morgan fingerprint density at radius 2 is 1.95 bits per heavy atom. The van der Waals surface area contributed by atoms with E-state index in [0.29, 0.717) is 30.8 Å². The molecule has 1 fully saturated rings. The molecule has 0 spiro atoms. The Bertz CT molecular complexity index is 1400. The predicted molar refractivity (Wildman–Crippen MR) is 149 cm³/mol. The molecule has 11 heteroatoms. The van der Waals surface area contributed by atoms with E-state index in [0.717, 1.165) is 16.5 Å². The third-order valence-electron chi connectivity index (χ3n) is 6.80. The van der Waals surface area contributed by atoms with Gasteiger partial charge in [-0.25, -0.2) is 4.79 Å². The molecule has 2 aromatic carbocycles. The first kappa shape index (κ1) is 28.9. The average Bonchev–Trinajstić information content (AvgIpc) is 3.34. The van der Waals surface area contributed by atoms with Gasteiger partial charge in [-0.3, -0.25) is 4.79 Å². The van der Waals surface area contributed by atoms with E-state index in [-0.39, 0.29) is 36.6 Å². The van der Waals surface area contributed by atoms with Crippen molar-refractivity contribution in [3.05, 3.63) is 77.1 Å². The Kier molecular flexibility index (Phi) is 9.61. The van der Waals surface area contributed by atoms with Crippen LogP contribution in [-0.2, 0) is 27.1 Å². The Labute approximate surface area is 232 Å². The van der Waals surface area contributed by atoms with E-state index < -0.39 is 19.2 Å². The number of alkyl carbamates (subject to hydrolysis) is 1. The van der Waals surface area contributed by atoms with E-state index in [9.17, 15) is 24.9 Å². The smallest absolute Gasteiger partial charge is 0.464 e. The van der Waals surface area contributed by atoms with Crippen LogP contribution in [-0.4, -0.2) is 71.9 Å². The number of hydrogen-bond donors (Lipinski definition) is 3. The molecule has 1 saturated heterocycles. The average molecular weight is 545 g/mol. The topological polar surface area (TPSA) is 145 Å². The molecular formula is C29H32BN3O7. The summed E-state index contributed by atoms with van der Waals surface area (Å²) in [4.78, 5) is 27.1. The van der Waals surface area contributed by atoms with E-state index in [1.54, 1.807) is 29.2 Å². The van der Waals surface area contributed by atoms with Gasteiger partial charge in [-0.05, 0) is 49.1 Å². The standard InChI is InChI=1S/C29H32BN3O7/c1-19-16-38-17-20(2)33(19)28(34)23(15-31)13-22-7-5-6-21(12-22)10-11-39-29(35)32-27(30(36)37)14-24-18-40-26-9-4-3-8-25(24)26/h3-9,12-13,18-20,27,36-37H,10-11,14,16-17H2,1-2H3,(H,32,35)/t19-,20?,27+/m1/s1. The second-order valence-corrected chi connectivity index (χ2v) is 9.87. The van der Waals surface area contributed by atoms with Crippen LogP contribution in [0, 0.1) is 11.3 Å². The number of ether oxygens (including phenoxy) is 2. The fraction of sp³-hybridized carbons (Fsp3) is 0.345. The Morgan fingerprint density at radius 1 is 1.20 bits per heavy atom. The molecule has 40 heavy (non-hydrogen) atoms. The molecule has 1 unspecified atom stereocenters. The summed E-state index contributed by atoms with van der Waals surface area (Å²) in [5, 5.41) is 32.6. The summed E-state index contributed by atoms with van der Waals surface area (Å²) in [7, 11) is -1.80. The first-order valence-electron chi connectivity index (χ1n) is 13.1. The second-order valence-electron chi connectivity index (χ2n) is 9.87. The maximum atomic E-state index is 13.1. The van der Waals surface area contributed by atoms with Crippen LogP contribution in [0.3, 0.4) is 0 Å². The lowest BCUT2D eigenvalue weighted by Gasteiger charge is -2.38. The lowest BCUT2D eigenvalue weighted by atomic mass is 9.76. The molecule has 2 heterocycles. The first-order valence-corrected chi connectivity index (χ1v) is 13.1. The van der Waals surface area contributed by atoms with Crippen molar-refractivity contribution in [2.45, 2.75) is 44.7 Å². The molecule has 1 aliphatic rings. The molecular weight excluding hydrogens is 513 g/mol. The van der Waals surface area contributed by atoms with Crippen LogP contribution >= 0.6 is 0 Å². The fourth-order valence-electron chi connectivity index (χ4n) is 4.80. The van der Waals surface area contributed by atoms with Crippen LogP contribution < -0.4 is 5.32 Å². The van der Waals surface area contributed by atoms with Crippen molar-refractivity contribution in [2.75, 3.05) is 19.8 Å². The number of hydrogen-bond acceptors (Lipinski definition) is 8. The summed E-state index contributed by atoms with van der Waals surface area (Å²) >= 11 is 0. The lowest BCUT2D eigenvalue weighted by molar-refractivity contribution is -0.139. The van der Waals surface area contributed by atoms with Gasteiger partial charge in [-0.2, -0.15) is 5.26 Å². The first-order chi connectivity index (χ1) is 19.3. The van der Waals surface area contributed by atoms with E-state index in [2.05, 4.69) is 5.32 Å². The zero-order valence-corrected chi connectivity index (χ0v) is 22.4. The van der Waals surface area contributed by atoms with Crippen molar-refractivity contribution in [1.82, 2.24) is 10.2 Å². The molecule has 3 atom stereocenters. The van der Waals surface area contributed by atoms with Crippen LogP contribution in [0.15, 0.2) is 64.8 Å². The number of carbonyl (C=O) groups excluding carboxylic acids is 2. The van der Waals surface area contributed by atoms with Gasteiger partial charge in [0.25, 0.3) is 5.91 Å². The van der Waals surface area contributed by atoms with Crippen LogP contribution in [0.2, 0.25) is 0 Å². The van der Waals surface area contributed by atoms with Crippen LogP contribution in [0.25, 0.3) is 17.0 Å². The molecule has 0 radical (unpaired) electrons. The normalized spacial score (nSPS) is 18.2. The highest BCUT2D eigenvalue weighted by molar-refractivity contribution is 6.43. The van der Waals surface area contributed by atoms with Crippen molar-refractivity contribution < 1.29 is 33.5 Å². The van der Waals surface area contributed by atoms with E-state index in [4.69, 9.17) is 13.9 Å². The summed E-state index contributed by atoms with van der Waals surface area (Å²) in [6.07, 6.45) is 2.82. The maximum absolute atomic E-state index is 13.1. The Balaban J connectivity index is 1.33. The molecule has 1 aliphatic heterocycles. The number of nitrogens with one attached hydrogen (secondary N) is 1. The second kappa shape index (κ2) is 13.3. The van der Waals surface area contributed by atoms with Crippen LogP contribution in [0.5, 0.6) is 0 Å². The number of rotatable bonds is 9. The monoisotopic (exact) mass is 545 g/mol. The molecule has 2 amide bonds. The van der Waals surface area contributed by atoms with Crippen molar-refractivity contribution in [1.29, 1.82) is 5.26 Å². The van der Waals surface area contributed by atoms with Gasteiger partial charge in [0.2, 0.25) is 0 Å². The number of fused-ring (bicyclic) bond motifs is 1. The highest BCUT2D eigenvalue weighted by Gasteiger charge is 2.31. The SMILES string of the molecule is CC1COC[C@@H](C)N1C(=O)C(C#N)=Cc1cccc(CCOC(=O)N[C@@H](Cc2coc3ccccc23)B(O)O)c1. The lowest BCUT2D eigenvalue weighted by Crippen LogP contribution is -2.52. The summed E-state index contributed by atoms with van der Waals surface area (Å²) in [5.41, 5.74) is 2.94.